The molecule has 0 amide bonds. The highest BCUT2D eigenvalue weighted by Gasteiger charge is 2.55. The lowest BCUT2D eigenvalue weighted by Gasteiger charge is -2.31. The smallest absolute Gasteiger partial charge is 0.199 e. The van der Waals surface area contributed by atoms with Crippen LogP contribution in [0, 0.1) is 0 Å². The van der Waals surface area contributed by atoms with Crippen molar-refractivity contribution in [2.24, 2.45) is 0 Å². The van der Waals surface area contributed by atoms with Gasteiger partial charge in [0.2, 0.25) is 0 Å². The minimum absolute atomic E-state index is 0.346. The number of imidazole rings is 1. The van der Waals surface area contributed by atoms with E-state index in [1.807, 2.05) is 0 Å². The summed E-state index contributed by atoms with van der Waals surface area (Å²) in [6.07, 6.45) is 0.350. The van der Waals surface area contributed by atoms with Gasteiger partial charge in [-0.3, -0.25) is 4.57 Å². The van der Waals surface area contributed by atoms with Crippen LogP contribution in [0.4, 0.5) is 0 Å². The molecule has 0 aliphatic carbocycles. The molecule has 4 N–H and O–H groups in total. The van der Waals surface area contributed by atoms with E-state index in [1.165, 1.54) is 23.4 Å². The molecule has 3 rings (SSSR count). The molecule has 9 heteroatoms. The van der Waals surface area contributed by atoms with Crippen LogP contribution in [0.3, 0.4) is 0 Å². The zero-order chi connectivity index (χ0) is 14.3. The molecule has 0 bridgehead atoms. The van der Waals surface area contributed by atoms with Crippen molar-refractivity contribution in [2.45, 2.75) is 24.0 Å². The molecule has 20 heavy (non-hydrogen) atoms. The second-order valence-electron chi connectivity index (χ2n) is 4.62. The zero-order valence-corrected chi connectivity index (χ0v) is 10.4. The first-order chi connectivity index (χ1) is 9.64. The molecule has 2 aromatic rings. The third kappa shape index (κ3) is 1.65. The Kier molecular flexibility index (Phi) is 3.15. The quantitative estimate of drug-likeness (QED) is 0.489. The summed E-state index contributed by atoms with van der Waals surface area (Å²) in [5.41, 5.74) is -0.840. The van der Waals surface area contributed by atoms with E-state index in [4.69, 9.17) is 9.84 Å². The Hall–Kier alpha value is -1.65. The topological polar surface area (TPSA) is 134 Å². The lowest BCUT2D eigenvalue weighted by Crippen LogP contribution is -2.48. The molecule has 3 heterocycles. The molecule has 4 atom stereocenters. The summed E-state index contributed by atoms with van der Waals surface area (Å²) in [6, 6.07) is 0. The summed E-state index contributed by atoms with van der Waals surface area (Å²) in [5.74, 6) is 0. The Morgan fingerprint density at radius 3 is 2.75 bits per heavy atom. The van der Waals surface area contributed by atoms with Crippen LogP contribution in [0.2, 0.25) is 0 Å². The number of ether oxygens (including phenoxy) is 1. The normalized spacial score (nSPS) is 33.9. The van der Waals surface area contributed by atoms with Gasteiger partial charge in [0, 0.05) is 0 Å². The average Bonchev–Trinajstić information content (AvgIpc) is 3.01. The number of aromatic nitrogens is 4. The van der Waals surface area contributed by atoms with Gasteiger partial charge < -0.3 is 25.2 Å². The van der Waals surface area contributed by atoms with Crippen LogP contribution >= 0.6 is 0 Å². The monoisotopic (exact) mass is 282 g/mol. The summed E-state index contributed by atoms with van der Waals surface area (Å²) < 4.78 is 6.83. The van der Waals surface area contributed by atoms with Crippen molar-refractivity contribution in [3.05, 3.63) is 18.9 Å². The maximum absolute atomic E-state index is 10.2. The Morgan fingerprint density at radius 1 is 1.30 bits per heavy atom. The molecule has 108 valence electrons. The van der Waals surface area contributed by atoms with E-state index in [2.05, 4.69) is 15.0 Å². The fraction of sp³-hybridized carbons (Fsp3) is 0.545. The van der Waals surface area contributed by atoms with Crippen molar-refractivity contribution >= 4 is 11.2 Å². The molecule has 1 aliphatic rings. The van der Waals surface area contributed by atoms with E-state index in [-0.39, 0.29) is 0 Å². The van der Waals surface area contributed by atoms with E-state index in [0.717, 1.165) is 0 Å². The number of hydrogen-bond acceptors (Lipinski definition) is 8. The maximum Gasteiger partial charge on any atom is 0.199 e. The van der Waals surface area contributed by atoms with Gasteiger partial charge in [-0.2, -0.15) is 0 Å². The highest BCUT2D eigenvalue weighted by molar-refractivity contribution is 5.69. The van der Waals surface area contributed by atoms with Gasteiger partial charge >= 0.3 is 0 Å². The Labute approximate surface area is 113 Å². The van der Waals surface area contributed by atoms with Crippen LogP contribution in [0.25, 0.3) is 11.2 Å². The van der Waals surface area contributed by atoms with Crippen molar-refractivity contribution in [3.8, 4) is 0 Å². The number of nitrogens with zero attached hydrogens (tertiary/aromatic N) is 4. The van der Waals surface area contributed by atoms with E-state index in [9.17, 15) is 15.3 Å². The van der Waals surface area contributed by atoms with E-state index in [1.54, 1.807) is 0 Å². The van der Waals surface area contributed by atoms with Gasteiger partial charge in [-0.15, -0.1) is 0 Å². The molecular weight excluding hydrogens is 268 g/mol. The Balaban J connectivity index is 2.14. The van der Waals surface area contributed by atoms with Crippen LogP contribution < -0.4 is 0 Å². The van der Waals surface area contributed by atoms with Crippen LogP contribution in [0.1, 0.15) is 0 Å². The summed E-state index contributed by atoms with van der Waals surface area (Å²) in [6.45, 7) is -1.10. The summed E-state index contributed by atoms with van der Waals surface area (Å²) in [7, 11) is 0. The summed E-state index contributed by atoms with van der Waals surface area (Å²) in [4.78, 5) is 11.9. The second-order valence-corrected chi connectivity index (χ2v) is 4.62. The third-order valence-corrected chi connectivity index (χ3v) is 3.55. The Bertz CT molecular complexity index is 620. The van der Waals surface area contributed by atoms with Gasteiger partial charge in [0.1, 0.15) is 30.2 Å². The van der Waals surface area contributed by atoms with Crippen LogP contribution in [-0.2, 0) is 10.5 Å². The average molecular weight is 282 g/mol. The number of aliphatic hydroxyl groups excluding tert-OH is 4. The van der Waals surface area contributed by atoms with Crippen molar-refractivity contribution in [1.29, 1.82) is 0 Å². The van der Waals surface area contributed by atoms with Gasteiger partial charge in [0.05, 0.1) is 25.7 Å². The minimum Gasteiger partial charge on any atom is -0.394 e. The van der Waals surface area contributed by atoms with Gasteiger partial charge in [-0.1, -0.05) is 0 Å². The van der Waals surface area contributed by atoms with Crippen molar-refractivity contribution in [3.63, 3.8) is 0 Å². The maximum atomic E-state index is 10.2. The third-order valence-electron chi connectivity index (χ3n) is 3.55. The molecular formula is C11H14N4O5. The highest BCUT2D eigenvalue weighted by atomic mass is 16.6. The molecule has 0 spiro atoms. The van der Waals surface area contributed by atoms with Gasteiger partial charge in [-0.25, -0.2) is 15.0 Å². The largest absolute Gasteiger partial charge is 0.394 e. The van der Waals surface area contributed by atoms with Crippen LogP contribution in [-0.4, -0.2) is 71.5 Å². The summed E-state index contributed by atoms with van der Waals surface area (Å²) >= 11 is 0. The van der Waals surface area contributed by atoms with E-state index < -0.39 is 37.3 Å². The predicted octanol–water partition coefficient (Wildman–Crippen LogP) is -2.42. The molecule has 0 radical (unpaired) electrons. The molecule has 0 saturated carbocycles. The molecule has 1 fully saturated rings. The van der Waals surface area contributed by atoms with Crippen molar-refractivity contribution in [1.82, 2.24) is 19.5 Å². The first-order valence-electron chi connectivity index (χ1n) is 6.03. The molecule has 1 unspecified atom stereocenters. The first-order valence-corrected chi connectivity index (χ1v) is 6.03. The predicted molar refractivity (Wildman–Crippen MR) is 64.4 cm³/mol. The molecule has 2 aromatic heterocycles. The zero-order valence-electron chi connectivity index (χ0n) is 10.4. The van der Waals surface area contributed by atoms with E-state index in [0.29, 0.717) is 11.2 Å². The standard InChI is InChI=1S/C11H14N4O5/c16-2-7-8(18)9(19)11(3-17,20-7)15-5-14-6-1-12-4-13-10(6)15/h1,4-5,7-9,16-19H,2-3H2/t7-,8-,9-,11?/m1/s1. The number of fused-ring (bicyclic) bond motifs is 1. The SMILES string of the molecule is OC[C@H]1OC(CO)(n2cnc3cncnc32)[C@H](O)[C@@H]1O. The van der Waals surface area contributed by atoms with Crippen LogP contribution in [0.15, 0.2) is 18.9 Å². The fourth-order valence-electron chi connectivity index (χ4n) is 2.47. The van der Waals surface area contributed by atoms with Gasteiger partial charge in [0.15, 0.2) is 11.4 Å². The van der Waals surface area contributed by atoms with Crippen molar-refractivity contribution in [2.75, 3.05) is 13.2 Å². The number of rotatable bonds is 3. The fourth-order valence-corrected chi connectivity index (χ4v) is 2.47. The molecule has 9 nitrogen and oxygen atoms in total. The molecule has 1 aliphatic heterocycles. The van der Waals surface area contributed by atoms with Crippen LogP contribution in [0.5, 0.6) is 0 Å². The number of hydrogen-bond donors (Lipinski definition) is 4. The lowest BCUT2D eigenvalue weighted by atomic mass is 10.0. The molecule has 1 saturated heterocycles. The van der Waals surface area contributed by atoms with E-state index >= 15 is 0 Å². The van der Waals surface area contributed by atoms with Gasteiger partial charge in [0.25, 0.3) is 0 Å². The minimum atomic E-state index is -1.64. The Morgan fingerprint density at radius 2 is 2.10 bits per heavy atom. The lowest BCUT2D eigenvalue weighted by molar-refractivity contribution is -0.169. The number of aliphatic hydroxyl groups is 4. The second kappa shape index (κ2) is 4.72. The van der Waals surface area contributed by atoms with Crippen molar-refractivity contribution < 1.29 is 25.2 Å². The molecule has 0 aromatic carbocycles. The first kappa shape index (κ1) is 13.3. The highest BCUT2D eigenvalue weighted by Crippen LogP contribution is 2.36. The summed E-state index contributed by atoms with van der Waals surface area (Å²) in [5, 5.41) is 38.9. The van der Waals surface area contributed by atoms with Gasteiger partial charge in [-0.05, 0) is 0 Å².